The molecule has 0 aromatic heterocycles. The number of hydrogen-bond donors (Lipinski definition) is 0. The molecule has 10 heavy (non-hydrogen) atoms. The molecule has 0 bridgehead atoms. The van der Waals surface area contributed by atoms with Crippen LogP contribution in [0.4, 0.5) is 0 Å². The average Bonchev–Trinajstić information content (AvgIpc) is 1.88. The minimum atomic E-state index is 0.163. The van der Waals surface area contributed by atoms with Gasteiger partial charge in [0.15, 0.2) is 0 Å². The summed E-state index contributed by atoms with van der Waals surface area (Å²) in [5, 5.41) is 0. The maximum Gasteiger partial charge on any atom is 0.139 e. The first-order valence-corrected chi connectivity index (χ1v) is 3.89. The lowest BCUT2D eigenvalue weighted by atomic mass is 9.82. The average molecular weight is 138 g/mol. The van der Waals surface area contributed by atoms with Crippen molar-refractivity contribution in [3.05, 3.63) is 12.7 Å². The van der Waals surface area contributed by atoms with Crippen LogP contribution in [0.1, 0.15) is 26.2 Å². The Morgan fingerprint density at radius 2 is 2.30 bits per heavy atom. The first kappa shape index (κ1) is 7.52. The van der Waals surface area contributed by atoms with Gasteiger partial charge in [0.1, 0.15) is 5.78 Å². The van der Waals surface area contributed by atoms with Crippen LogP contribution in [0.15, 0.2) is 12.7 Å². The van der Waals surface area contributed by atoms with Crippen LogP contribution in [0.5, 0.6) is 0 Å². The van der Waals surface area contributed by atoms with Crippen molar-refractivity contribution in [2.24, 2.45) is 11.8 Å². The summed E-state index contributed by atoms with van der Waals surface area (Å²) in [7, 11) is 0. The standard InChI is InChI=1S/C9H14O/c1-3-8-5-4-7(2)6-9(8)10/h3,7-8H,1,4-6H2,2H3. The Labute approximate surface area is 62.1 Å². The highest BCUT2D eigenvalue weighted by atomic mass is 16.1. The molecule has 0 radical (unpaired) electrons. The van der Waals surface area contributed by atoms with Crippen LogP contribution in [-0.2, 0) is 4.79 Å². The lowest BCUT2D eigenvalue weighted by Gasteiger charge is -2.21. The van der Waals surface area contributed by atoms with Gasteiger partial charge in [0.05, 0.1) is 0 Å². The van der Waals surface area contributed by atoms with Crippen molar-refractivity contribution >= 4 is 5.78 Å². The van der Waals surface area contributed by atoms with Crippen LogP contribution >= 0.6 is 0 Å². The Morgan fingerprint density at radius 1 is 1.60 bits per heavy atom. The number of carbonyl (C=O) groups excluding carboxylic acids is 1. The number of ketones is 1. The van der Waals surface area contributed by atoms with Gasteiger partial charge in [-0.3, -0.25) is 4.79 Å². The highest BCUT2D eigenvalue weighted by molar-refractivity contribution is 5.83. The molecular formula is C9H14O. The van der Waals surface area contributed by atoms with E-state index in [1.54, 1.807) is 6.08 Å². The summed E-state index contributed by atoms with van der Waals surface area (Å²) in [6, 6.07) is 0. The second kappa shape index (κ2) is 3.00. The number of hydrogen-bond acceptors (Lipinski definition) is 1. The first-order valence-electron chi connectivity index (χ1n) is 3.89. The molecule has 0 amide bonds. The molecule has 2 unspecified atom stereocenters. The smallest absolute Gasteiger partial charge is 0.139 e. The molecule has 1 aliphatic carbocycles. The number of allylic oxidation sites excluding steroid dienone is 1. The van der Waals surface area contributed by atoms with Crippen molar-refractivity contribution in [2.45, 2.75) is 26.2 Å². The van der Waals surface area contributed by atoms with E-state index in [1.807, 2.05) is 0 Å². The van der Waals surface area contributed by atoms with Gasteiger partial charge in [-0.05, 0) is 18.8 Å². The molecule has 2 atom stereocenters. The maximum atomic E-state index is 11.2. The Kier molecular flexibility index (Phi) is 2.25. The van der Waals surface area contributed by atoms with Crippen molar-refractivity contribution in [3.8, 4) is 0 Å². The highest BCUT2D eigenvalue weighted by Crippen LogP contribution is 2.25. The van der Waals surface area contributed by atoms with Gasteiger partial charge in [0.2, 0.25) is 0 Å². The van der Waals surface area contributed by atoms with Crippen LogP contribution in [0.25, 0.3) is 0 Å². The monoisotopic (exact) mass is 138 g/mol. The van der Waals surface area contributed by atoms with Crippen LogP contribution < -0.4 is 0 Å². The molecule has 0 aromatic rings. The van der Waals surface area contributed by atoms with E-state index in [0.717, 1.165) is 12.8 Å². The second-order valence-electron chi connectivity index (χ2n) is 3.20. The van der Waals surface area contributed by atoms with E-state index in [2.05, 4.69) is 13.5 Å². The highest BCUT2D eigenvalue weighted by Gasteiger charge is 2.23. The quantitative estimate of drug-likeness (QED) is 0.507. The van der Waals surface area contributed by atoms with E-state index in [4.69, 9.17) is 0 Å². The Balaban J connectivity index is 2.51. The van der Waals surface area contributed by atoms with Crippen molar-refractivity contribution < 1.29 is 4.79 Å². The predicted molar refractivity (Wildman–Crippen MR) is 41.7 cm³/mol. The van der Waals surface area contributed by atoms with Gasteiger partial charge in [0, 0.05) is 12.3 Å². The van der Waals surface area contributed by atoms with E-state index < -0.39 is 0 Å². The minimum Gasteiger partial charge on any atom is -0.299 e. The zero-order valence-electron chi connectivity index (χ0n) is 6.47. The lowest BCUT2D eigenvalue weighted by molar-refractivity contribution is -0.124. The third kappa shape index (κ3) is 1.47. The summed E-state index contributed by atoms with van der Waals surface area (Å²) in [4.78, 5) is 11.2. The molecule has 0 aliphatic heterocycles. The van der Waals surface area contributed by atoms with Gasteiger partial charge in [-0.2, -0.15) is 0 Å². The maximum absolute atomic E-state index is 11.2. The van der Waals surface area contributed by atoms with E-state index in [-0.39, 0.29) is 5.92 Å². The molecule has 56 valence electrons. The zero-order valence-corrected chi connectivity index (χ0v) is 6.47. The molecule has 0 heterocycles. The largest absolute Gasteiger partial charge is 0.299 e. The fraction of sp³-hybridized carbons (Fsp3) is 0.667. The fourth-order valence-corrected chi connectivity index (χ4v) is 1.47. The SMILES string of the molecule is C=CC1CCC(C)CC1=O. The Morgan fingerprint density at radius 3 is 2.80 bits per heavy atom. The van der Waals surface area contributed by atoms with Crippen molar-refractivity contribution in [3.63, 3.8) is 0 Å². The van der Waals surface area contributed by atoms with Gasteiger partial charge in [0.25, 0.3) is 0 Å². The lowest BCUT2D eigenvalue weighted by Crippen LogP contribution is -2.21. The molecular weight excluding hydrogens is 124 g/mol. The second-order valence-corrected chi connectivity index (χ2v) is 3.20. The van der Waals surface area contributed by atoms with Crippen LogP contribution in [-0.4, -0.2) is 5.78 Å². The van der Waals surface area contributed by atoms with Gasteiger partial charge in [-0.1, -0.05) is 13.0 Å². The van der Waals surface area contributed by atoms with Crippen molar-refractivity contribution in [1.82, 2.24) is 0 Å². The minimum absolute atomic E-state index is 0.163. The molecule has 0 N–H and O–H groups in total. The fourth-order valence-electron chi connectivity index (χ4n) is 1.47. The van der Waals surface area contributed by atoms with Gasteiger partial charge in [-0.15, -0.1) is 6.58 Å². The molecule has 1 nitrogen and oxygen atoms in total. The summed E-state index contributed by atoms with van der Waals surface area (Å²) in [5.41, 5.74) is 0. The normalized spacial score (nSPS) is 33.9. The van der Waals surface area contributed by atoms with Gasteiger partial charge in [-0.25, -0.2) is 0 Å². The molecule has 1 aliphatic rings. The summed E-state index contributed by atoms with van der Waals surface area (Å²) < 4.78 is 0. The number of rotatable bonds is 1. The van der Waals surface area contributed by atoms with Crippen LogP contribution in [0.3, 0.4) is 0 Å². The zero-order chi connectivity index (χ0) is 7.56. The molecule has 0 spiro atoms. The topological polar surface area (TPSA) is 17.1 Å². The predicted octanol–water partition coefficient (Wildman–Crippen LogP) is 2.18. The first-order chi connectivity index (χ1) is 4.74. The number of carbonyl (C=O) groups is 1. The molecule has 0 aromatic carbocycles. The van der Waals surface area contributed by atoms with Gasteiger partial charge < -0.3 is 0 Å². The van der Waals surface area contributed by atoms with Crippen molar-refractivity contribution in [2.75, 3.05) is 0 Å². The number of Topliss-reactive ketones (excluding diaryl/α,β-unsaturated/α-hetero) is 1. The van der Waals surface area contributed by atoms with E-state index >= 15 is 0 Å². The third-order valence-corrected chi connectivity index (χ3v) is 2.22. The molecule has 1 fully saturated rings. The third-order valence-electron chi connectivity index (χ3n) is 2.22. The Hall–Kier alpha value is -0.590. The summed E-state index contributed by atoms with van der Waals surface area (Å²) >= 11 is 0. The van der Waals surface area contributed by atoms with E-state index in [1.165, 1.54) is 6.42 Å². The molecule has 1 saturated carbocycles. The molecule has 1 rings (SSSR count). The Bertz CT molecular complexity index is 149. The summed E-state index contributed by atoms with van der Waals surface area (Å²) in [6.45, 7) is 5.78. The van der Waals surface area contributed by atoms with Crippen molar-refractivity contribution in [1.29, 1.82) is 0 Å². The van der Waals surface area contributed by atoms with Crippen LogP contribution in [0, 0.1) is 11.8 Å². The summed E-state index contributed by atoms with van der Waals surface area (Å²) in [6.07, 6.45) is 4.75. The summed E-state index contributed by atoms with van der Waals surface area (Å²) in [5.74, 6) is 1.15. The van der Waals surface area contributed by atoms with E-state index in [9.17, 15) is 4.79 Å². The van der Waals surface area contributed by atoms with Gasteiger partial charge >= 0.3 is 0 Å². The van der Waals surface area contributed by atoms with E-state index in [0.29, 0.717) is 11.7 Å². The molecule has 0 saturated heterocycles. The molecule has 1 heteroatoms. The van der Waals surface area contributed by atoms with Crippen LogP contribution in [0.2, 0.25) is 0 Å².